The first kappa shape index (κ1) is 26.9. The summed E-state index contributed by atoms with van der Waals surface area (Å²) in [6.07, 6.45) is -2.12. The van der Waals surface area contributed by atoms with Crippen molar-refractivity contribution < 1.29 is 33.3 Å². The molecule has 0 saturated carbocycles. The molecule has 2 aromatic rings. The van der Waals surface area contributed by atoms with Gasteiger partial charge in [-0.15, -0.1) is 0 Å². The highest BCUT2D eigenvalue weighted by Crippen LogP contribution is 2.18. The first-order chi connectivity index (χ1) is 14.5. The molecule has 0 fully saturated rings. The summed E-state index contributed by atoms with van der Waals surface area (Å²) in [4.78, 5) is 33.9. The van der Waals surface area contributed by atoms with Gasteiger partial charge in [-0.05, 0) is 85.2 Å². The van der Waals surface area contributed by atoms with E-state index in [1.54, 1.807) is 47.6 Å². The lowest BCUT2D eigenvalue weighted by Crippen LogP contribution is -2.29. The van der Waals surface area contributed by atoms with E-state index in [-0.39, 0.29) is 5.97 Å². The van der Waals surface area contributed by atoms with Crippen molar-refractivity contribution in [1.82, 2.24) is 0 Å². The maximum absolute atomic E-state index is 11.9. The van der Waals surface area contributed by atoms with Gasteiger partial charge in [-0.2, -0.15) is 0 Å². The quantitative estimate of drug-likeness (QED) is 0.275. The Bertz CT molecular complexity index is 915. The van der Waals surface area contributed by atoms with Gasteiger partial charge in [0.25, 0.3) is 0 Å². The smallest absolute Gasteiger partial charge is 0.456 e. The van der Waals surface area contributed by atoms with Crippen LogP contribution in [0, 0.1) is 0 Å². The summed E-state index contributed by atoms with van der Waals surface area (Å²) in [7, 11) is 0. The fourth-order valence-corrected chi connectivity index (χ4v) is 2.26. The van der Waals surface area contributed by atoms with Gasteiger partial charge in [0.15, 0.2) is 0 Å². The molecule has 0 aliphatic carbocycles. The highest BCUT2D eigenvalue weighted by Gasteiger charge is 2.24. The van der Waals surface area contributed by atoms with Crippen molar-refractivity contribution >= 4 is 29.1 Å². The van der Waals surface area contributed by atoms with Crippen molar-refractivity contribution in [2.75, 3.05) is 0 Å². The van der Waals surface area contributed by atoms with Crippen LogP contribution in [0.4, 0.5) is 9.59 Å². The summed E-state index contributed by atoms with van der Waals surface area (Å²) < 4.78 is 19.1. The number of esters is 1. The van der Waals surface area contributed by atoms with E-state index in [0.29, 0.717) is 5.56 Å². The van der Waals surface area contributed by atoms with E-state index >= 15 is 0 Å². The number of rotatable bonds is 1. The van der Waals surface area contributed by atoms with Gasteiger partial charge < -0.3 is 18.9 Å². The Morgan fingerprint density at radius 2 is 1.03 bits per heavy atom. The molecule has 0 bridgehead atoms. The molecule has 0 aliphatic rings. The average molecular weight is 447 g/mol. The summed E-state index contributed by atoms with van der Waals surface area (Å²) in [5.74, 6) is -0.275. The van der Waals surface area contributed by atoms with Crippen LogP contribution in [0.15, 0.2) is 42.5 Å². The number of benzene rings is 2. The molecule has 7 nitrogen and oxygen atoms in total. The molecule has 32 heavy (non-hydrogen) atoms. The van der Waals surface area contributed by atoms with Crippen LogP contribution in [0.2, 0.25) is 0 Å². The van der Waals surface area contributed by atoms with Crippen molar-refractivity contribution in [3.8, 4) is 0 Å². The lowest BCUT2D eigenvalue weighted by atomic mass is 10.1. The van der Waals surface area contributed by atoms with Gasteiger partial charge in [0.2, 0.25) is 0 Å². The molecule has 2 aromatic carbocycles. The highest BCUT2D eigenvalue weighted by atomic mass is 16.8. The Kier molecular flexibility index (Phi) is 8.83. The third kappa shape index (κ3) is 11.3. The molecule has 0 N–H and O–H groups in total. The molecule has 0 atom stereocenters. The third-order valence-corrected chi connectivity index (χ3v) is 3.33. The van der Waals surface area contributed by atoms with E-state index in [1.807, 2.05) is 57.2 Å². The lowest BCUT2D eigenvalue weighted by molar-refractivity contribution is -0.0294. The summed E-state index contributed by atoms with van der Waals surface area (Å²) in [5, 5.41) is 2.18. The second-order valence-electron chi connectivity index (χ2n) is 10.1. The topological polar surface area (TPSA) is 88.1 Å². The second kappa shape index (κ2) is 10.5. The Morgan fingerprint density at radius 3 is 1.47 bits per heavy atom. The molecular formula is C25H34O7. The van der Waals surface area contributed by atoms with E-state index in [0.717, 1.165) is 10.8 Å². The fraction of sp³-hybridized carbons (Fsp3) is 0.480. The highest BCUT2D eigenvalue weighted by molar-refractivity contribution is 5.95. The van der Waals surface area contributed by atoms with Gasteiger partial charge in [0.05, 0.1) is 5.56 Å². The minimum absolute atomic E-state index is 0.275. The molecule has 0 saturated heterocycles. The monoisotopic (exact) mass is 446 g/mol. The van der Waals surface area contributed by atoms with E-state index in [2.05, 4.69) is 4.74 Å². The SMILES string of the molecule is CC(C)(C)OC(=O)OC(=O)OC(C)(C)C.CC(C)(C)OC(=O)c1ccc2ccccc2c1. The van der Waals surface area contributed by atoms with Crippen molar-refractivity contribution in [3.63, 3.8) is 0 Å². The van der Waals surface area contributed by atoms with Crippen molar-refractivity contribution in [1.29, 1.82) is 0 Å². The first-order valence-corrected chi connectivity index (χ1v) is 10.3. The Morgan fingerprint density at radius 1 is 0.594 bits per heavy atom. The van der Waals surface area contributed by atoms with Crippen LogP contribution >= 0.6 is 0 Å². The standard InChI is InChI=1S/C15H16O2.C10H18O5/c1-15(2,3)17-14(16)13-9-8-11-6-4-5-7-12(11)10-13;1-9(2,3)14-7(11)13-8(12)15-10(4,5)6/h4-10H,1-3H3;1-6H3. The number of ether oxygens (including phenoxy) is 4. The van der Waals surface area contributed by atoms with Crippen molar-refractivity contribution in [2.24, 2.45) is 0 Å². The Hall–Kier alpha value is -3.09. The average Bonchev–Trinajstić information content (AvgIpc) is 2.56. The van der Waals surface area contributed by atoms with Gasteiger partial charge in [-0.25, -0.2) is 14.4 Å². The van der Waals surface area contributed by atoms with E-state index < -0.39 is 29.1 Å². The molecule has 0 spiro atoms. The zero-order valence-electron chi connectivity index (χ0n) is 20.4. The third-order valence-electron chi connectivity index (χ3n) is 3.33. The molecule has 2 rings (SSSR count). The fourth-order valence-electron chi connectivity index (χ4n) is 2.26. The lowest BCUT2D eigenvalue weighted by Gasteiger charge is -2.20. The first-order valence-electron chi connectivity index (χ1n) is 10.3. The molecule has 0 unspecified atom stereocenters. The summed E-state index contributed by atoms with van der Waals surface area (Å²) in [5.41, 5.74) is -1.25. The number of fused-ring (bicyclic) bond motifs is 1. The number of hydrogen-bond donors (Lipinski definition) is 0. The van der Waals surface area contributed by atoms with E-state index in [4.69, 9.17) is 14.2 Å². The van der Waals surface area contributed by atoms with Crippen molar-refractivity contribution in [2.45, 2.75) is 79.1 Å². The van der Waals surface area contributed by atoms with E-state index in [1.165, 1.54) is 0 Å². The number of hydrogen-bond acceptors (Lipinski definition) is 7. The van der Waals surface area contributed by atoms with Crippen molar-refractivity contribution in [3.05, 3.63) is 48.0 Å². The normalized spacial score (nSPS) is 11.7. The predicted octanol–water partition coefficient (Wildman–Crippen LogP) is 6.67. The summed E-state index contributed by atoms with van der Waals surface area (Å²) in [6, 6.07) is 13.6. The number of carbonyl (C=O) groups excluding carboxylic acids is 3. The predicted molar refractivity (Wildman–Crippen MR) is 123 cm³/mol. The van der Waals surface area contributed by atoms with Gasteiger partial charge in [0, 0.05) is 0 Å². The maximum atomic E-state index is 11.9. The minimum atomic E-state index is -1.06. The zero-order valence-corrected chi connectivity index (χ0v) is 20.4. The maximum Gasteiger partial charge on any atom is 0.519 e. The minimum Gasteiger partial charge on any atom is -0.456 e. The summed E-state index contributed by atoms with van der Waals surface area (Å²) >= 11 is 0. The molecule has 0 amide bonds. The molecule has 0 radical (unpaired) electrons. The van der Waals surface area contributed by atoms with Crippen LogP contribution in [0.1, 0.15) is 72.7 Å². The van der Waals surface area contributed by atoms with Gasteiger partial charge in [-0.1, -0.05) is 30.3 Å². The second-order valence-corrected chi connectivity index (χ2v) is 10.1. The van der Waals surface area contributed by atoms with Crippen LogP contribution in [0.3, 0.4) is 0 Å². The Labute approximate surface area is 190 Å². The molecule has 7 heteroatoms. The largest absolute Gasteiger partial charge is 0.519 e. The van der Waals surface area contributed by atoms with Crippen LogP contribution in [-0.2, 0) is 18.9 Å². The van der Waals surface area contributed by atoms with E-state index in [9.17, 15) is 14.4 Å². The van der Waals surface area contributed by atoms with Crippen LogP contribution in [0.25, 0.3) is 10.8 Å². The summed E-state index contributed by atoms with van der Waals surface area (Å²) in [6.45, 7) is 15.6. The van der Waals surface area contributed by atoms with Gasteiger partial charge in [0.1, 0.15) is 16.8 Å². The molecular weight excluding hydrogens is 412 g/mol. The molecule has 0 aromatic heterocycles. The van der Waals surface area contributed by atoms with Crippen LogP contribution in [-0.4, -0.2) is 35.1 Å². The zero-order chi connectivity index (χ0) is 24.7. The molecule has 0 aliphatic heterocycles. The van der Waals surface area contributed by atoms with Gasteiger partial charge >= 0.3 is 18.3 Å². The molecule has 176 valence electrons. The number of carbonyl (C=O) groups is 3. The van der Waals surface area contributed by atoms with Crippen LogP contribution < -0.4 is 0 Å². The Balaban J connectivity index is 0.000000324. The van der Waals surface area contributed by atoms with Gasteiger partial charge in [-0.3, -0.25) is 0 Å². The van der Waals surface area contributed by atoms with Crippen LogP contribution in [0.5, 0.6) is 0 Å². The molecule has 0 heterocycles.